The summed E-state index contributed by atoms with van der Waals surface area (Å²) in [5.74, 6) is 0.825. The van der Waals surface area contributed by atoms with Crippen molar-refractivity contribution in [1.29, 1.82) is 0 Å². The van der Waals surface area contributed by atoms with Crippen molar-refractivity contribution in [3.05, 3.63) is 45.4 Å². The van der Waals surface area contributed by atoms with E-state index in [9.17, 15) is 0 Å². The minimum absolute atomic E-state index is 0.488. The van der Waals surface area contributed by atoms with Crippen LogP contribution in [0.4, 0.5) is 0 Å². The lowest BCUT2D eigenvalue weighted by Crippen LogP contribution is -1.98. The number of halogens is 1. The van der Waals surface area contributed by atoms with Crippen molar-refractivity contribution in [3.63, 3.8) is 0 Å². The second-order valence-corrected chi connectivity index (χ2v) is 4.57. The lowest BCUT2D eigenvalue weighted by molar-refractivity contribution is 0.740. The topological polar surface area (TPSA) is 46.0 Å². The molecule has 94 valence electrons. The van der Waals surface area contributed by atoms with Gasteiger partial charge in [0.2, 0.25) is 4.77 Å². The summed E-state index contributed by atoms with van der Waals surface area (Å²) >= 11 is 11.2. The SMILES string of the molecule is CCCc1n[nH]c(=S)n1/N=C/c1ccccc1Cl. The second kappa shape index (κ2) is 5.93. The van der Waals surface area contributed by atoms with Gasteiger partial charge in [0.1, 0.15) is 0 Å². The van der Waals surface area contributed by atoms with Crippen LogP contribution in [-0.2, 0) is 6.42 Å². The number of nitrogens with zero attached hydrogens (tertiary/aromatic N) is 3. The number of hydrogen-bond donors (Lipinski definition) is 1. The third-order valence-electron chi connectivity index (χ3n) is 2.41. The summed E-state index contributed by atoms with van der Waals surface area (Å²) in [6.07, 6.45) is 3.50. The molecule has 0 radical (unpaired) electrons. The average Bonchev–Trinajstić information content (AvgIpc) is 2.70. The van der Waals surface area contributed by atoms with Gasteiger partial charge in [-0.25, -0.2) is 0 Å². The summed E-state index contributed by atoms with van der Waals surface area (Å²) < 4.78 is 2.11. The molecule has 0 aliphatic carbocycles. The standard InChI is InChI=1S/C12H13ClN4S/c1-2-5-11-15-16-12(18)17(11)14-8-9-6-3-4-7-10(9)13/h3-4,6-8H,2,5H2,1H3,(H,16,18)/b14-8+. The van der Waals surface area contributed by atoms with E-state index in [2.05, 4.69) is 22.2 Å². The fourth-order valence-corrected chi connectivity index (χ4v) is 1.91. The molecular formula is C12H13ClN4S. The Kier molecular flexibility index (Phi) is 4.28. The van der Waals surface area contributed by atoms with Gasteiger partial charge in [0.25, 0.3) is 0 Å². The predicted molar refractivity (Wildman–Crippen MR) is 75.9 cm³/mol. The van der Waals surface area contributed by atoms with Crippen LogP contribution in [0, 0.1) is 4.77 Å². The van der Waals surface area contributed by atoms with E-state index < -0.39 is 0 Å². The number of rotatable bonds is 4. The number of benzene rings is 1. The molecule has 1 aromatic carbocycles. The molecule has 0 fully saturated rings. The average molecular weight is 281 g/mol. The molecule has 18 heavy (non-hydrogen) atoms. The molecular weight excluding hydrogens is 268 g/mol. The van der Waals surface area contributed by atoms with Gasteiger partial charge in [0.05, 0.1) is 6.21 Å². The number of nitrogens with one attached hydrogen (secondary N) is 1. The van der Waals surface area contributed by atoms with Crippen LogP contribution >= 0.6 is 23.8 Å². The van der Waals surface area contributed by atoms with E-state index in [1.165, 1.54) is 0 Å². The highest BCUT2D eigenvalue weighted by Crippen LogP contribution is 2.12. The lowest BCUT2D eigenvalue weighted by Gasteiger charge is -1.99. The van der Waals surface area contributed by atoms with Crippen molar-refractivity contribution >= 4 is 30.0 Å². The molecule has 0 aliphatic heterocycles. The predicted octanol–water partition coefficient (Wildman–Crippen LogP) is 3.43. The zero-order valence-electron chi connectivity index (χ0n) is 9.93. The summed E-state index contributed by atoms with van der Waals surface area (Å²) in [4.78, 5) is 0. The molecule has 2 rings (SSSR count). The van der Waals surface area contributed by atoms with Crippen molar-refractivity contribution in [1.82, 2.24) is 14.9 Å². The molecule has 1 heterocycles. The van der Waals surface area contributed by atoms with Crippen LogP contribution in [0.3, 0.4) is 0 Å². The van der Waals surface area contributed by atoms with Gasteiger partial charge in [-0.3, -0.25) is 5.10 Å². The van der Waals surface area contributed by atoms with Crippen LogP contribution in [0.5, 0.6) is 0 Å². The monoisotopic (exact) mass is 280 g/mol. The molecule has 4 nitrogen and oxygen atoms in total. The smallest absolute Gasteiger partial charge is 0.216 e. The molecule has 1 N–H and O–H groups in total. The number of aromatic nitrogens is 3. The van der Waals surface area contributed by atoms with Crippen LogP contribution in [0.1, 0.15) is 24.7 Å². The fraction of sp³-hybridized carbons (Fsp3) is 0.250. The molecule has 0 atom stereocenters. The first-order valence-electron chi connectivity index (χ1n) is 5.67. The van der Waals surface area contributed by atoms with Crippen LogP contribution < -0.4 is 0 Å². The van der Waals surface area contributed by atoms with E-state index in [0.29, 0.717) is 9.79 Å². The normalized spacial score (nSPS) is 11.2. The van der Waals surface area contributed by atoms with Crippen molar-refractivity contribution in [2.24, 2.45) is 5.10 Å². The molecule has 0 saturated heterocycles. The summed E-state index contributed by atoms with van der Waals surface area (Å²) in [6, 6.07) is 7.51. The van der Waals surface area contributed by atoms with E-state index in [1.807, 2.05) is 24.3 Å². The molecule has 0 aliphatic rings. The maximum atomic E-state index is 6.06. The minimum atomic E-state index is 0.488. The quantitative estimate of drug-likeness (QED) is 0.689. The Labute approximate surface area is 115 Å². The van der Waals surface area contributed by atoms with E-state index >= 15 is 0 Å². The summed E-state index contributed by atoms with van der Waals surface area (Å²) in [7, 11) is 0. The second-order valence-electron chi connectivity index (χ2n) is 3.77. The van der Waals surface area contributed by atoms with Crippen molar-refractivity contribution in [2.45, 2.75) is 19.8 Å². The number of H-pyrrole nitrogens is 1. The molecule has 0 bridgehead atoms. The summed E-state index contributed by atoms with van der Waals surface area (Å²) in [5.41, 5.74) is 0.852. The van der Waals surface area contributed by atoms with E-state index in [-0.39, 0.29) is 0 Å². The van der Waals surface area contributed by atoms with Gasteiger partial charge in [-0.15, -0.1) is 0 Å². The highest BCUT2D eigenvalue weighted by Gasteiger charge is 2.03. The van der Waals surface area contributed by atoms with E-state index in [0.717, 1.165) is 24.2 Å². The van der Waals surface area contributed by atoms with Gasteiger partial charge >= 0.3 is 0 Å². The Morgan fingerprint density at radius 3 is 3.00 bits per heavy atom. The Hall–Kier alpha value is -1.46. The molecule has 0 unspecified atom stereocenters. The highest BCUT2D eigenvalue weighted by atomic mass is 35.5. The third-order valence-corrected chi connectivity index (χ3v) is 3.02. The van der Waals surface area contributed by atoms with Crippen molar-refractivity contribution in [2.75, 3.05) is 0 Å². The van der Waals surface area contributed by atoms with Gasteiger partial charge < -0.3 is 0 Å². The molecule has 1 aromatic heterocycles. The maximum absolute atomic E-state index is 6.06. The van der Waals surface area contributed by atoms with Gasteiger partial charge in [0.15, 0.2) is 5.82 Å². The van der Waals surface area contributed by atoms with Crippen molar-refractivity contribution in [3.8, 4) is 0 Å². The van der Waals surface area contributed by atoms with Crippen LogP contribution in [-0.4, -0.2) is 21.1 Å². The number of aromatic amines is 1. The molecule has 0 amide bonds. The fourth-order valence-electron chi connectivity index (χ4n) is 1.53. The zero-order valence-corrected chi connectivity index (χ0v) is 11.5. The first-order chi connectivity index (χ1) is 8.72. The summed E-state index contributed by atoms with van der Waals surface area (Å²) in [6.45, 7) is 2.08. The Balaban J connectivity index is 2.32. The summed E-state index contributed by atoms with van der Waals surface area (Å²) in [5, 5.41) is 11.9. The van der Waals surface area contributed by atoms with Gasteiger partial charge in [-0.1, -0.05) is 36.7 Å². The van der Waals surface area contributed by atoms with Crippen LogP contribution in [0.25, 0.3) is 0 Å². The largest absolute Gasteiger partial charge is 0.250 e. The van der Waals surface area contributed by atoms with Crippen LogP contribution in [0.2, 0.25) is 5.02 Å². The highest BCUT2D eigenvalue weighted by molar-refractivity contribution is 7.71. The number of hydrogen-bond acceptors (Lipinski definition) is 3. The number of aryl methyl sites for hydroxylation is 1. The van der Waals surface area contributed by atoms with Crippen LogP contribution in [0.15, 0.2) is 29.4 Å². The third kappa shape index (κ3) is 2.86. The van der Waals surface area contributed by atoms with Gasteiger partial charge in [-0.2, -0.15) is 14.9 Å². The minimum Gasteiger partial charge on any atom is -0.250 e. The van der Waals surface area contributed by atoms with Gasteiger partial charge in [0, 0.05) is 17.0 Å². The molecule has 2 aromatic rings. The Bertz CT molecular complexity index is 615. The molecule has 0 saturated carbocycles. The first-order valence-corrected chi connectivity index (χ1v) is 6.46. The Morgan fingerprint density at radius 2 is 2.28 bits per heavy atom. The van der Waals surface area contributed by atoms with E-state index in [4.69, 9.17) is 23.8 Å². The molecule has 0 spiro atoms. The maximum Gasteiger partial charge on any atom is 0.216 e. The zero-order chi connectivity index (χ0) is 13.0. The lowest BCUT2D eigenvalue weighted by atomic mass is 10.2. The Morgan fingerprint density at radius 1 is 1.50 bits per heavy atom. The van der Waals surface area contributed by atoms with E-state index in [1.54, 1.807) is 10.9 Å². The molecule has 6 heteroatoms. The first kappa shape index (κ1) is 13.0. The van der Waals surface area contributed by atoms with Crippen molar-refractivity contribution < 1.29 is 0 Å². The van der Waals surface area contributed by atoms with Gasteiger partial charge in [-0.05, 0) is 24.7 Å².